The summed E-state index contributed by atoms with van der Waals surface area (Å²) in [6.45, 7) is 5.91. The van der Waals surface area contributed by atoms with Gasteiger partial charge in [-0.25, -0.2) is 4.98 Å². The average Bonchev–Trinajstić information content (AvgIpc) is 2.58. The van der Waals surface area contributed by atoms with Gasteiger partial charge in [-0.15, -0.1) is 0 Å². The summed E-state index contributed by atoms with van der Waals surface area (Å²) in [6.07, 6.45) is 1.88. The van der Waals surface area contributed by atoms with Crippen molar-refractivity contribution in [2.24, 2.45) is 5.92 Å². The highest BCUT2D eigenvalue weighted by molar-refractivity contribution is 5.06. The van der Waals surface area contributed by atoms with Crippen LogP contribution >= 0.6 is 0 Å². The molecule has 2 heterocycles. The van der Waals surface area contributed by atoms with Crippen LogP contribution in [-0.4, -0.2) is 23.2 Å². The van der Waals surface area contributed by atoms with E-state index in [0.717, 1.165) is 24.7 Å². The molecule has 1 aromatic heterocycles. The molecule has 0 spiro atoms. The van der Waals surface area contributed by atoms with Crippen LogP contribution in [0.5, 0.6) is 0 Å². The lowest BCUT2D eigenvalue weighted by molar-refractivity contribution is 0.186. The second-order valence-corrected chi connectivity index (χ2v) is 3.57. The van der Waals surface area contributed by atoms with E-state index in [1.165, 1.54) is 0 Å². The number of aryl methyl sites for hydroxylation is 1. The van der Waals surface area contributed by atoms with Gasteiger partial charge in [-0.3, -0.25) is 0 Å². The lowest BCUT2D eigenvalue weighted by Gasteiger charge is -2.08. The van der Waals surface area contributed by atoms with Crippen molar-refractivity contribution in [1.29, 1.82) is 0 Å². The summed E-state index contributed by atoms with van der Waals surface area (Å²) >= 11 is 0. The van der Waals surface area contributed by atoms with Gasteiger partial charge < -0.3 is 9.72 Å². The Labute approximate surface area is 72.2 Å². The zero-order chi connectivity index (χ0) is 8.55. The van der Waals surface area contributed by atoms with E-state index in [1.807, 2.05) is 13.1 Å². The summed E-state index contributed by atoms with van der Waals surface area (Å²) in [7, 11) is 0. The van der Waals surface area contributed by atoms with Crippen LogP contribution in [0.1, 0.15) is 24.4 Å². The van der Waals surface area contributed by atoms with Gasteiger partial charge in [0.1, 0.15) is 5.82 Å². The number of rotatable bonds is 1. The maximum atomic E-state index is 5.37. The minimum absolute atomic E-state index is 0.471. The van der Waals surface area contributed by atoms with Crippen molar-refractivity contribution < 1.29 is 4.74 Å². The van der Waals surface area contributed by atoms with Crippen LogP contribution in [0.3, 0.4) is 0 Å². The molecule has 1 N–H and O–H groups in total. The Morgan fingerprint density at radius 3 is 2.92 bits per heavy atom. The number of nitrogens with one attached hydrogen (secondary N) is 1. The molecule has 0 radical (unpaired) electrons. The number of hydrogen-bond acceptors (Lipinski definition) is 2. The molecule has 1 aliphatic heterocycles. The van der Waals surface area contributed by atoms with Crippen molar-refractivity contribution in [3.63, 3.8) is 0 Å². The predicted molar refractivity (Wildman–Crippen MR) is 46.0 cm³/mol. The van der Waals surface area contributed by atoms with Gasteiger partial charge in [0.15, 0.2) is 0 Å². The summed E-state index contributed by atoms with van der Waals surface area (Å²) in [4.78, 5) is 7.57. The Hall–Kier alpha value is -0.830. The van der Waals surface area contributed by atoms with E-state index in [1.54, 1.807) is 0 Å². The number of nitrogens with zero attached hydrogens (tertiary/aromatic N) is 1. The van der Waals surface area contributed by atoms with Gasteiger partial charge in [0.25, 0.3) is 0 Å². The summed E-state index contributed by atoms with van der Waals surface area (Å²) in [5.41, 5.74) is 1.13. The lowest BCUT2D eigenvalue weighted by Crippen LogP contribution is -2.08. The van der Waals surface area contributed by atoms with Crippen LogP contribution in [0, 0.1) is 12.8 Å². The first kappa shape index (κ1) is 7.80. The summed E-state index contributed by atoms with van der Waals surface area (Å²) in [6, 6.07) is 0. The molecular formula is C9H14N2O. The predicted octanol–water partition coefficient (Wildman–Crippen LogP) is 1.47. The quantitative estimate of drug-likeness (QED) is 0.686. The SMILES string of the molecule is Cc1cnc([C@H]2COCC2C)[nH]1. The molecule has 3 nitrogen and oxygen atoms in total. The summed E-state index contributed by atoms with van der Waals surface area (Å²) in [5, 5.41) is 0. The zero-order valence-electron chi connectivity index (χ0n) is 7.50. The van der Waals surface area contributed by atoms with Gasteiger partial charge in [0.2, 0.25) is 0 Å². The molecule has 12 heavy (non-hydrogen) atoms. The normalized spacial score (nSPS) is 29.5. The Morgan fingerprint density at radius 2 is 2.42 bits per heavy atom. The molecule has 1 aromatic rings. The third kappa shape index (κ3) is 1.25. The van der Waals surface area contributed by atoms with E-state index < -0.39 is 0 Å². The molecule has 0 aromatic carbocycles. The van der Waals surface area contributed by atoms with Crippen LogP contribution in [0.4, 0.5) is 0 Å². The number of aromatic amines is 1. The van der Waals surface area contributed by atoms with Gasteiger partial charge in [-0.2, -0.15) is 0 Å². The van der Waals surface area contributed by atoms with Crippen LogP contribution in [0.2, 0.25) is 0 Å². The molecule has 0 aliphatic carbocycles. The van der Waals surface area contributed by atoms with Gasteiger partial charge in [-0.1, -0.05) is 6.92 Å². The highest BCUT2D eigenvalue weighted by Gasteiger charge is 2.27. The fourth-order valence-corrected chi connectivity index (χ4v) is 1.63. The average molecular weight is 166 g/mol. The van der Waals surface area contributed by atoms with Crippen LogP contribution in [-0.2, 0) is 4.74 Å². The molecule has 0 amide bonds. The smallest absolute Gasteiger partial charge is 0.112 e. The number of hydrogen-bond donors (Lipinski definition) is 1. The molecule has 2 rings (SSSR count). The first-order chi connectivity index (χ1) is 5.77. The molecule has 1 unspecified atom stereocenters. The number of aromatic nitrogens is 2. The fraction of sp³-hybridized carbons (Fsp3) is 0.667. The summed E-state index contributed by atoms with van der Waals surface area (Å²) < 4.78 is 5.37. The van der Waals surface area contributed by atoms with Gasteiger partial charge in [-0.05, 0) is 12.8 Å². The summed E-state index contributed by atoms with van der Waals surface area (Å²) in [5.74, 6) is 2.15. The van der Waals surface area contributed by atoms with E-state index in [9.17, 15) is 0 Å². The molecule has 0 bridgehead atoms. The highest BCUT2D eigenvalue weighted by Crippen LogP contribution is 2.28. The molecule has 1 fully saturated rings. The number of ether oxygens (including phenoxy) is 1. The van der Waals surface area contributed by atoms with E-state index in [4.69, 9.17) is 4.74 Å². The van der Waals surface area contributed by atoms with E-state index >= 15 is 0 Å². The molecule has 3 heteroatoms. The van der Waals surface area contributed by atoms with E-state index in [2.05, 4.69) is 16.9 Å². The van der Waals surface area contributed by atoms with Crippen LogP contribution in [0.15, 0.2) is 6.20 Å². The Balaban J connectivity index is 2.19. The minimum atomic E-state index is 0.471. The van der Waals surface area contributed by atoms with Crippen molar-refractivity contribution in [1.82, 2.24) is 9.97 Å². The highest BCUT2D eigenvalue weighted by atomic mass is 16.5. The Kier molecular flexibility index (Phi) is 1.89. The monoisotopic (exact) mass is 166 g/mol. The first-order valence-corrected chi connectivity index (χ1v) is 4.36. The second-order valence-electron chi connectivity index (χ2n) is 3.57. The van der Waals surface area contributed by atoms with Gasteiger partial charge in [0, 0.05) is 24.4 Å². The molecule has 2 atom stereocenters. The van der Waals surface area contributed by atoms with Crippen LogP contribution in [0.25, 0.3) is 0 Å². The van der Waals surface area contributed by atoms with E-state index in [-0.39, 0.29) is 0 Å². The van der Waals surface area contributed by atoms with E-state index in [0.29, 0.717) is 11.8 Å². The maximum absolute atomic E-state index is 5.37. The molecule has 1 saturated heterocycles. The molecule has 66 valence electrons. The van der Waals surface area contributed by atoms with Crippen molar-refractivity contribution in [2.45, 2.75) is 19.8 Å². The standard InChI is InChI=1S/C9H14N2O/c1-6-4-12-5-8(6)9-10-3-7(2)11-9/h3,6,8H,4-5H2,1-2H3,(H,10,11)/t6?,8-/m0/s1. The number of H-pyrrole nitrogens is 1. The zero-order valence-corrected chi connectivity index (χ0v) is 7.50. The molecular weight excluding hydrogens is 152 g/mol. The van der Waals surface area contributed by atoms with Crippen molar-refractivity contribution >= 4 is 0 Å². The maximum Gasteiger partial charge on any atom is 0.112 e. The second kappa shape index (κ2) is 2.90. The Bertz CT molecular complexity index is 269. The Morgan fingerprint density at radius 1 is 1.58 bits per heavy atom. The van der Waals surface area contributed by atoms with Crippen LogP contribution < -0.4 is 0 Å². The third-order valence-corrected chi connectivity index (χ3v) is 2.44. The molecule has 1 aliphatic rings. The van der Waals surface area contributed by atoms with Crippen molar-refractivity contribution in [2.75, 3.05) is 13.2 Å². The number of imidazole rings is 1. The third-order valence-electron chi connectivity index (χ3n) is 2.44. The molecule has 0 saturated carbocycles. The van der Waals surface area contributed by atoms with Crippen molar-refractivity contribution in [3.05, 3.63) is 17.7 Å². The fourth-order valence-electron chi connectivity index (χ4n) is 1.63. The largest absolute Gasteiger partial charge is 0.380 e. The van der Waals surface area contributed by atoms with Crippen molar-refractivity contribution in [3.8, 4) is 0 Å². The van der Waals surface area contributed by atoms with Gasteiger partial charge >= 0.3 is 0 Å². The lowest BCUT2D eigenvalue weighted by atomic mass is 9.98. The van der Waals surface area contributed by atoms with Gasteiger partial charge in [0.05, 0.1) is 6.61 Å². The minimum Gasteiger partial charge on any atom is -0.380 e. The topological polar surface area (TPSA) is 37.9 Å². The first-order valence-electron chi connectivity index (χ1n) is 4.36.